The van der Waals surface area contributed by atoms with Crippen molar-refractivity contribution in [2.24, 2.45) is 0 Å². The molecule has 0 saturated carbocycles. The van der Waals surface area contributed by atoms with Gasteiger partial charge in [-0.15, -0.1) is 24.8 Å². The summed E-state index contributed by atoms with van der Waals surface area (Å²) in [7, 11) is 0. The van der Waals surface area contributed by atoms with Crippen LogP contribution in [0.3, 0.4) is 0 Å². The van der Waals surface area contributed by atoms with Crippen molar-refractivity contribution in [3.63, 3.8) is 0 Å². The first kappa shape index (κ1) is 24.8. The molecular weight excluding hydrogens is 622 g/mol. The van der Waals surface area contributed by atoms with Gasteiger partial charge >= 0.3 is 192 Å². The van der Waals surface area contributed by atoms with Gasteiger partial charge in [-0.05, 0) is 0 Å². The Hall–Kier alpha value is -2.32. The topological polar surface area (TPSA) is 0 Å². The molecule has 0 N–H and O–H groups in total. The van der Waals surface area contributed by atoms with Gasteiger partial charge in [0.05, 0.1) is 0 Å². The zero-order valence-corrected chi connectivity index (χ0v) is 24.2. The van der Waals surface area contributed by atoms with E-state index in [0.717, 1.165) is 6.42 Å². The second-order valence-corrected chi connectivity index (χ2v) is 28.8. The molecule has 2 aliphatic rings. The van der Waals surface area contributed by atoms with Crippen molar-refractivity contribution in [1.29, 1.82) is 0 Å². The Morgan fingerprint density at radius 1 is 0.588 bits per heavy atom. The molecular formula is C31H28Cl2Hf. The van der Waals surface area contributed by atoms with Gasteiger partial charge in [0.1, 0.15) is 0 Å². The maximum absolute atomic E-state index is 5.51. The zero-order chi connectivity index (χ0) is 21.6. The Morgan fingerprint density at radius 2 is 1.03 bits per heavy atom. The summed E-state index contributed by atoms with van der Waals surface area (Å²) < 4.78 is 10.2. The van der Waals surface area contributed by atoms with E-state index in [1.807, 2.05) is 0 Å². The SMILES string of the molecule is Cl.Cl.[CH2]=[Hf]([C]1=CC=CC1)([c]1ccccc1)([c]1ccccc1)[CH]1c2ccccc2-c2ccccc21. The summed E-state index contributed by atoms with van der Waals surface area (Å²) in [4.78, 5) is 0. The zero-order valence-electron chi connectivity index (χ0n) is 18.9. The van der Waals surface area contributed by atoms with Crippen molar-refractivity contribution in [3.8, 4) is 11.1 Å². The van der Waals surface area contributed by atoms with Crippen LogP contribution in [0, 0.1) is 0 Å². The van der Waals surface area contributed by atoms with Crippen LogP contribution >= 0.6 is 24.8 Å². The number of rotatable bonds is 4. The van der Waals surface area contributed by atoms with Crippen LogP contribution in [-0.2, 0) is 18.0 Å². The van der Waals surface area contributed by atoms with Crippen molar-refractivity contribution in [3.05, 3.63) is 142 Å². The van der Waals surface area contributed by atoms with E-state index >= 15 is 0 Å². The molecule has 0 amide bonds. The Labute approximate surface area is 215 Å². The molecule has 6 rings (SSSR count). The third-order valence-electron chi connectivity index (χ3n) is 7.84. The van der Waals surface area contributed by atoms with E-state index in [1.54, 1.807) is 3.33 Å². The third kappa shape index (κ3) is 3.25. The third-order valence-corrected chi connectivity index (χ3v) is 33.1. The molecule has 0 aromatic heterocycles. The molecule has 0 spiro atoms. The van der Waals surface area contributed by atoms with Gasteiger partial charge in [0.2, 0.25) is 0 Å². The van der Waals surface area contributed by atoms with Gasteiger partial charge in [0.15, 0.2) is 0 Å². The normalized spacial score (nSPS) is 14.4. The van der Waals surface area contributed by atoms with Crippen LogP contribution in [0.1, 0.15) is 21.2 Å². The molecule has 0 atom stereocenters. The molecule has 4 aromatic carbocycles. The van der Waals surface area contributed by atoms with Crippen LogP contribution in [0.2, 0.25) is 0 Å². The number of hydrogen-bond donors (Lipinski definition) is 0. The van der Waals surface area contributed by atoms with Gasteiger partial charge < -0.3 is 0 Å². The molecule has 0 radical (unpaired) electrons. The van der Waals surface area contributed by atoms with Crippen LogP contribution < -0.4 is 6.64 Å². The predicted octanol–water partition coefficient (Wildman–Crippen LogP) is 7.22. The molecule has 0 fully saturated rings. The van der Waals surface area contributed by atoms with Crippen LogP contribution in [0.4, 0.5) is 0 Å². The van der Waals surface area contributed by atoms with Gasteiger partial charge in [-0.2, -0.15) is 0 Å². The van der Waals surface area contributed by atoms with Crippen molar-refractivity contribution < 1.29 is 18.0 Å². The summed E-state index contributed by atoms with van der Waals surface area (Å²) in [6, 6.07) is 40.6. The van der Waals surface area contributed by atoms with Crippen molar-refractivity contribution in [1.82, 2.24) is 0 Å². The number of fused-ring (bicyclic) bond motifs is 3. The molecule has 0 aliphatic heterocycles. The molecule has 0 saturated heterocycles. The minimum absolute atomic E-state index is 0. The average Bonchev–Trinajstić information content (AvgIpc) is 3.53. The molecule has 170 valence electrons. The summed E-state index contributed by atoms with van der Waals surface area (Å²) in [5, 5.41) is 0. The van der Waals surface area contributed by atoms with Gasteiger partial charge in [0.25, 0.3) is 0 Å². The van der Waals surface area contributed by atoms with E-state index in [2.05, 4.69) is 127 Å². The molecule has 0 unspecified atom stereocenters. The Kier molecular flexibility index (Phi) is 6.84. The van der Waals surface area contributed by atoms with Gasteiger partial charge in [-0.1, -0.05) is 0 Å². The van der Waals surface area contributed by atoms with Crippen LogP contribution in [0.5, 0.6) is 0 Å². The number of allylic oxidation sites excluding steroid dienone is 4. The summed E-state index contributed by atoms with van der Waals surface area (Å²) in [6.45, 7) is 0. The van der Waals surface area contributed by atoms with E-state index in [-0.39, 0.29) is 28.5 Å². The maximum atomic E-state index is 5.51. The predicted molar refractivity (Wildman–Crippen MR) is 149 cm³/mol. The summed E-state index contributed by atoms with van der Waals surface area (Å²) in [5.41, 5.74) is 5.63. The average molecular weight is 650 g/mol. The van der Waals surface area contributed by atoms with E-state index in [1.165, 1.54) is 28.9 Å². The van der Waals surface area contributed by atoms with Crippen LogP contribution in [0.25, 0.3) is 11.1 Å². The Morgan fingerprint density at radius 3 is 1.47 bits per heavy atom. The van der Waals surface area contributed by atoms with Gasteiger partial charge in [-0.25, -0.2) is 0 Å². The van der Waals surface area contributed by atoms with Crippen molar-refractivity contribution in [2.45, 2.75) is 10.1 Å². The summed E-state index contributed by atoms with van der Waals surface area (Å²) in [6.07, 6.45) is 7.94. The Bertz CT molecular complexity index is 1360. The summed E-state index contributed by atoms with van der Waals surface area (Å²) >= 11 is -4.61. The fraction of sp³-hybridized carbons (Fsp3) is 0.0645. The molecule has 4 aromatic rings. The second-order valence-electron chi connectivity index (χ2n) is 9.21. The van der Waals surface area contributed by atoms with Crippen molar-refractivity contribution in [2.75, 3.05) is 0 Å². The molecule has 0 bridgehead atoms. The van der Waals surface area contributed by atoms with E-state index < -0.39 is 18.0 Å². The van der Waals surface area contributed by atoms with E-state index in [9.17, 15) is 0 Å². The fourth-order valence-electron chi connectivity index (χ4n) is 6.41. The van der Waals surface area contributed by atoms with E-state index in [4.69, 9.17) is 4.26 Å². The monoisotopic (exact) mass is 650 g/mol. The number of hydrogen-bond acceptors (Lipinski definition) is 0. The first-order chi connectivity index (χ1) is 15.7. The van der Waals surface area contributed by atoms with E-state index in [0.29, 0.717) is 0 Å². The summed E-state index contributed by atoms with van der Waals surface area (Å²) in [5.74, 6) is 0. The molecule has 3 heteroatoms. The fourth-order valence-corrected chi connectivity index (χ4v) is 31.4. The molecule has 0 heterocycles. The molecule has 0 nitrogen and oxygen atoms in total. The van der Waals surface area contributed by atoms with Gasteiger partial charge in [-0.3, -0.25) is 0 Å². The second kappa shape index (κ2) is 9.38. The molecule has 34 heavy (non-hydrogen) atoms. The van der Waals surface area contributed by atoms with Crippen LogP contribution in [-0.4, -0.2) is 4.26 Å². The Balaban J connectivity index is 0.00000137. The van der Waals surface area contributed by atoms with Gasteiger partial charge in [0, 0.05) is 0 Å². The number of halogens is 2. The van der Waals surface area contributed by atoms with Crippen molar-refractivity contribution >= 4 is 35.7 Å². The number of benzene rings is 4. The molecule has 2 aliphatic carbocycles. The first-order valence-electron chi connectivity index (χ1n) is 11.4. The minimum atomic E-state index is -4.61. The quantitative estimate of drug-likeness (QED) is 0.205. The standard InChI is InChI=1S/C13H9.2C6H5.C5H5.CH2.2ClH.Hf/c1-3-7-12-10(5-1)9-11-6-2-4-8-13(11)12;2*1-2-4-6-5-3-1;1-2-4-5-3-1;;;;/h1-9H;2*1-5H;1-3H,4H2;1H2;2*1H;. The first-order valence-corrected chi connectivity index (χ1v) is 21.4. The van der Waals surface area contributed by atoms with Crippen LogP contribution in [0.15, 0.2) is 131 Å².